The van der Waals surface area contributed by atoms with Crippen LogP contribution in [0.5, 0.6) is 5.75 Å². The van der Waals surface area contributed by atoms with Gasteiger partial charge < -0.3 is 10.1 Å². The molecule has 5 nitrogen and oxygen atoms in total. The summed E-state index contributed by atoms with van der Waals surface area (Å²) in [6.45, 7) is 0.876. The number of carbonyl (C=O) groups is 1. The lowest BCUT2D eigenvalue weighted by Gasteiger charge is -2.11. The average Bonchev–Trinajstić information content (AvgIpc) is 3.27. The lowest BCUT2D eigenvalue weighted by molar-refractivity contribution is 0.0946. The van der Waals surface area contributed by atoms with Crippen LogP contribution in [0.3, 0.4) is 0 Å². The molecule has 0 saturated heterocycles. The predicted octanol–water partition coefficient (Wildman–Crippen LogP) is 5.29. The zero-order valence-electron chi connectivity index (χ0n) is 16.6. The molecule has 0 aliphatic heterocycles. The minimum Gasteiger partial charge on any atom is -0.489 e. The fourth-order valence-electron chi connectivity index (χ4n) is 3.00. The van der Waals surface area contributed by atoms with Gasteiger partial charge in [-0.1, -0.05) is 48.0 Å². The Morgan fingerprint density at radius 1 is 1.06 bits per heavy atom. The highest BCUT2D eigenvalue weighted by molar-refractivity contribution is 7.09. The molecule has 0 unspecified atom stereocenters. The standard InChI is InChI=1S/C24H20ClN3O2S/c25-20-8-9-22(30-15-17-5-2-1-3-6-17)19(11-20)12-23-28-21(16-31-23)24(29)27-14-18-7-4-10-26-13-18/h1-11,13,16H,12,14-15H2,(H,27,29). The number of thiazole rings is 1. The van der Waals surface area contributed by atoms with Crippen LogP contribution in [0.15, 0.2) is 78.4 Å². The largest absolute Gasteiger partial charge is 0.489 e. The molecular formula is C24H20ClN3O2S. The maximum atomic E-state index is 12.4. The van der Waals surface area contributed by atoms with Crippen LogP contribution < -0.4 is 10.1 Å². The molecule has 4 rings (SSSR count). The van der Waals surface area contributed by atoms with E-state index in [1.54, 1.807) is 17.8 Å². The molecule has 2 heterocycles. The van der Waals surface area contributed by atoms with Gasteiger partial charge in [0.1, 0.15) is 18.1 Å². The van der Waals surface area contributed by atoms with Gasteiger partial charge >= 0.3 is 0 Å². The molecule has 0 spiro atoms. The summed E-state index contributed by atoms with van der Waals surface area (Å²) in [4.78, 5) is 21.0. The summed E-state index contributed by atoms with van der Waals surface area (Å²) >= 11 is 7.65. The van der Waals surface area contributed by atoms with Crippen molar-refractivity contribution >= 4 is 28.8 Å². The first-order chi connectivity index (χ1) is 15.2. The van der Waals surface area contributed by atoms with Crippen molar-refractivity contribution < 1.29 is 9.53 Å². The number of ether oxygens (including phenoxy) is 1. The Kier molecular flexibility index (Phi) is 6.92. The zero-order chi connectivity index (χ0) is 21.5. The van der Waals surface area contributed by atoms with Crippen LogP contribution in [0.25, 0.3) is 0 Å². The van der Waals surface area contributed by atoms with Crippen molar-refractivity contribution in [3.8, 4) is 5.75 Å². The van der Waals surface area contributed by atoms with Gasteiger partial charge in [0, 0.05) is 41.3 Å². The number of benzene rings is 2. The number of nitrogens with zero attached hydrogens (tertiary/aromatic N) is 2. The Labute approximate surface area is 189 Å². The molecule has 2 aromatic carbocycles. The number of halogens is 1. The van der Waals surface area contributed by atoms with Crippen LogP contribution in [-0.4, -0.2) is 15.9 Å². The summed E-state index contributed by atoms with van der Waals surface area (Å²) in [5.41, 5.74) is 3.36. The van der Waals surface area contributed by atoms with Crippen molar-refractivity contribution in [2.75, 3.05) is 0 Å². The Balaban J connectivity index is 1.41. The first kappa shape index (κ1) is 21.0. The van der Waals surface area contributed by atoms with E-state index in [-0.39, 0.29) is 5.91 Å². The molecule has 2 aromatic heterocycles. The second-order valence-corrected chi connectivity index (χ2v) is 8.25. The number of pyridine rings is 1. The zero-order valence-corrected chi connectivity index (χ0v) is 18.2. The van der Waals surface area contributed by atoms with Gasteiger partial charge in [-0.3, -0.25) is 9.78 Å². The molecule has 0 fully saturated rings. The minimum atomic E-state index is -0.210. The van der Waals surface area contributed by atoms with Crippen LogP contribution in [0, 0.1) is 0 Å². The number of amides is 1. The monoisotopic (exact) mass is 449 g/mol. The topological polar surface area (TPSA) is 64.1 Å². The van der Waals surface area contributed by atoms with Gasteiger partial charge in [-0.05, 0) is 35.4 Å². The average molecular weight is 450 g/mol. The molecule has 0 radical (unpaired) electrons. The maximum absolute atomic E-state index is 12.4. The third-order valence-electron chi connectivity index (χ3n) is 4.56. The van der Waals surface area contributed by atoms with Crippen molar-refractivity contribution in [1.82, 2.24) is 15.3 Å². The fourth-order valence-corrected chi connectivity index (χ4v) is 3.99. The van der Waals surface area contributed by atoms with Gasteiger partial charge in [-0.2, -0.15) is 0 Å². The fraction of sp³-hybridized carbons (Fsp3) is 0.125. The molecule has 1 N–H and O–H groups in total. The van der Waals surface area contributed by atoms with E-state index in [0.29, 0.717) is 30.3 Å². The van der Waals surface area contributed by atoms with Crippen LogP contribution in [0.4, 0.5) is 0 Å². The predicted molar refractivity (Wildman–Crippen MR) is 123 cm³/mol. The molecule has 0 bridgehead atoms. The van der Waals surface area contributed by atoms with Crippen molar-refractivity contribution in [3.05, 3.63) is 111 Å². The number of rotatable bonds is 8. The highest BCUT2D eigenvalue weighted by Gasteiger charge is 2.13. The molecule has 7 heteroatoms. The first-order valence-electron chi connectivity index (χ1n) is 9.74. The third kappa shape index (κ3) is 5.90. The van der Waals surface area contributed by atoms with Gasteiger partial charge in [-0.25, -0.2) is 4.98 Å². The van der Waals surface area contributed by atoms with E-state index >= 15 is 0 Å². The third-order valence-corrected chi connectivity index (χ3v) is 5.65. The molecule has 156 valence electrons. The van der Waals surface area contributed by atoms with E-state index in [1.807, 2.05) is 60.7 Å². The Morgan fingerprint density at radius 2 is 1.90 bits per heavy atom. The maximum Gasteiger partial charge on any atom is 0.271 e. The molecule has 4 aromatic rings. The molecule has 0 atom stereocenters. The SMILES string of the molecule is O=C(NCc1cccnc1)c1csc(Cc2cc(Cl)ccc2OCc2ccccc2)n1. The Bertz CT molecular complexity index is 1150. The smallest absolute Gasteiger partial charge is 0.271 e. The van der Waals surface area contributed by atoms with Gasteiger partial charge in [-0.15, -0.1) is 11.3 Å². The van der Waals surface area contributed by atoms with E-state index in [2.05, 4.69) is 15.3 Å². The summed E-state index contributed by atoms with van der Waals surface area (Å²) < 4.78 is 6.03. The second kappa shape index (κ2) is 10.2. The second-order valence-electron chi connectivity index (χ2n) is 6.87. The minimum absolute atomic E-state index is 0.210. The summed E-state index contributed by atoms with van der Waals surface area (Å²) in [6, 6.07) is 19.3. The highest BCUT2D eigenvalue weighted by Crippen LogP contribution is 2.27. The van der Waals surface area contributed by atoms with E-state index in [4.69, 9.17) is 16.3 Å². The van der Waals surface area contributed by atoms with Gasteiger partial charge in [0.05, 0.1) is 5.01 Å². The number of aromatic nitrogens is 2. The van der Waals surface area contributed by atoms with Crippen molar-refractivity contribution in [3.63, 3.8) is 0 Å². The number of carbonyl (C=O) groups excluding carboxylic acids is 1. The summed E-state index contributed by atoms with van der Waals surface area (Å²) in [5, 5.41) is 6.09. The molecule has 0 aliphatic carbocycles. The Morgan fingerprint density at radius 3 is 2.71 bits per heavy atom. The summed E-state index contributed by atoms with van der Waals surface area (Å²) in [6.07, 6.45) is 3.96. The lowest BCUT2D eigenvalue weighted by Crippen LogP contribution is -2.23. The van der Waals surface area contributed by atoms with Crippen LogP contribution in [-0.2, 0) is 19.6 Å². The van der Waals surface area contributed by atoms with Crippen LogP contribution >= 0.6 is 22.9 Å². The highest BCUT2D eigenvalue weighted by atomic mass is 35.5. The molecule has 1 amide bonds. The van der Waals surface area contributed by atoms with Gasteiger partial charge in [0.2, 0.25) is 0 Å². The van der Waals surface area contributed by atoms with Crippen LogP contribution in [0.1, 0.15) is 32.2 Å². The molecule has 0 aliphatic rings. The van der Waals surface area contributed by atoms with Crippen LogP contribution in [0.2, 0.25) is 5.02 Å². The number of hydrogen-bond acceptors (Lipinski definition) is 5. The van der Waals surface area contributed by atoms with Gasteiger partial charge in [0.25, 0.3) is 5.91 Å². The normalized spacial score (nSPS) is 10.6. The van der Waals surface area contributed by atoms with Crippen molar-refractivity contribution in [2.45, 2.75) is 19.6 Å². The Hall–Kier alpha value is -3.22. The van der Waals surface area contributed by atoms with Crippen molar-refractivity contribution in [2.24, 2.45) is 0 Å². The number of nitrogens with one attached hydrogen (secondary N) is 1. The van der Waals surface area contributed by atoms with E-state index in [0.717, 1.165) is 27.4 Å². The molecule has 0 saturated carbocycles. The molecular weight excluding hydrogens is 430 g/mol. The van der Waals surface area contributed by atoms with E-state index in [9.17, 15) is 4.79 Å². The van der Waals surface area contributed by atoms with E-state index < -0.39 is 0 Å². The quantitative estimate of drug-likeness (QED) is 0.397. The van der Waals surface area contributed by atoms with Crippen molar-refractivity contribution in [1.29, 1.82) is 0 Å². The number of hydrogen-bond donors (Lipinski definition) is 1. The summed E-state index contributed by atoms with van der Waals surface area (Å²) in [5.74, 6) is 0.545. The van der Waals surface area contributed by atoms with Gasteiger partial charge in [0.15, 0.2) is 0 Å². The lowest BCUT2D eigenvalue weighted by atomic mass is 10.1. The first-order valence-corrected chi connectivity index (χ1v) is 11.0. The van der Waals surface area contributed by atoms with E-state index in [1.165, 1.54) is 11.3 Å². The molecule has 31 heavy (non-hydrogen) atoms. The summed E-state index contributed by atoms with van der Waals surface area (Å²) in [7, 11) is 0.